The van der Waals surface area contributed by atoms with Crippen LogP contribution in [0.2, 0.25) is 0 Å². The van der Waals surface area contributed by atoms with Gasteiger partial charge in [-0.05, 0) is 30.1 Å². The van der Waals surface area contributed by atoms with Crippen molar-refractivity contribution in [3.8, 4) is 0 Å². The lowest BCUT2D eigenvalue weighted by Gasteiger charge is -2.29. The molecule has 0 aliphatic heterocycles. The zero-order chi connectivity index (χ0) is 14.0. The van der Waals surface area contributed by atoms with Gasteiger partial charge in [-0.2, -0.15) is 0 Å². The molecule has 3 atom stereocenters. The fourth-order valence-electron chi connectivity index (χ4n) is 2.98. The van der Waals surface area contributed by atoms with E-state index >= 15 is 0 Å². The fraction of sp³-hybridized carbons (Fsp3) is 1.00. The lowest BCUT2D eigenvalue weighted by atomic mass is 9.76. The molecule has 0 bridgehead atoms. The normalized spacial score (nSPS) is 16.8. The molecule has 0 aromatic rings. The van der Waals surface area contributed by atoms with E-state index in [4.69, 9.17) is 0 Å². The van der Waals surface area contributed by atoms with Gasteiger partial charge in [0.2, 0.25) is 0 Å². The highest BCUT2D eigenvalue weighted by Gasteiger charge is 2.21. The molecule has 18 heavy (non-hydrogen) atoms. The van der Waals surface area contributed by atoms with Crippen molar-refractivity contribution >= 4 is 0 Å². The van der Waals surface area contributed by atoms with Crippen LogP contribution >= 0.6 is 0 Å². The molecule has 110 valence electrons. The van der Waals surface area contributed by atoms with Crippen molar-refractivity contribution in [2.45, 2.75) is 92.9 Å². The molecule has 0 rings (SSSR count). The summed E-state index contributed by atoms with van der Waals surface area (Å²) in [5.41, 5.74) is 0. The molecule has 0 nitrogen and oxygen atoms in total. The van der Waals surface area contributed by atoms with Gasteiger partial charge in [0.1, 0.15) is 0 Å². The molecule has 0 fully saturated rings. The number of hydrogen-bond donors (Lipinski definition) is 0. The summed E-state index contributed by atoms with van der Waals surface area (Å²) in [4.78, 5) is 0. The van der Waals surface area contributed by atoms with E-state index < -0.39 is 0 Å². The minimum absolute atomic E-state index is 0.842. The van der Waals surface area contributed by atoms with E-state index in [1.807, 2.05) is 0 Å². The highest BCUT2D eigenvalue weighted by Crippen LogP contribution is 2.32. The molecule has 0 N–H and O–H groups in total. The maximum atomic E-state index is 2.48. The first-order chi connectivity index (χ1) is 8.52. The standard InChI is InChI=1S/C18H38/c1-7-9-11-12-16(5)14-18(13-10-8-2)17(6)15(3)4/h15-18H,7-14H2,1-6H3. The van der Waals surface area contributed by atoms with E-state index in [1.165, 1.54) is 51.4 Å². The zero-order valence-corrected chi connectivity index (χ0v) is 14.0. The minimum atomic E-state index is 0.842. The van der Waals surface area contributed by atoms with Gasteiger partial charge in [0.15, 0.2) is 0 Å². The third-order valence-corrected chi connectivity index (χ3v) is 4.73. The van der Waals surface area contributed by atoms with E-state index in [9.17, 15) is 0 Å². The Kier molecular flexibility index (Phi) is 10.9. The third-order valence-electron chi connectivity index (χ3n) is 4.73. The summed E-state index contributed by atoms with van der Waals surface area (Å²) in [5, 5.41) is 0. The summed E-state index contributed by atoms with van der Waals surface area (Å²) in [6, 6.07) is 0. The van der Waals surface area contributed by atoms with Crippen LogP contribution in [0.15, 0.2) is 0 Å². The first kappa shape index (κ1) is 18.0. The Morgan fingerprint density at radius 1 is 0.722 bits per heavy atom. The molecular weight excluding hydrogens is 216 g/mol. The first-order valence-corrected chi connectivity index (χ1v) is 8.52. The van der Waals surface area contributed by atoms with Crippen molar-refractivity contribution in [3.05, 3.63) is 0 Å². The van der Waals surface area contributed by atoms with Gasteiger partial charge in [0, 0.05) is 0 Å². The summed E-state index contributed by atoms with van der Waals surface area (Å²) in [5.74, 6) is 3.63. The van der Waals surface area contributed by atoms with Crippen molar-refractivity contribution in [1.82, 2.24) is 0 Å². The van der Waals surface area contributed by atoms with Crippen LogP contribution in [0.25, 0.3) is 0 Å². The van der Waals surface area contributed by atoms with Crippen molar-refractivity contribution in [2.75, 3.05) is 0 Å². The smallest absolute Gasteiger partial charge is 0.0384 e. The average molecular weight is 255 g/mol. The van der Waals surface area contributed by atoms with E-state index in [-0.39, 0.29) is 0 Å². The SMILES string of the molecule is CCCCCC(C)CC(CCCC)C(C)C(C)C. The van der Waals surface area contributed by atoms with Gasteiger partial charge in [-0.3, -0.25) is 0 Å². The Hall–Kier alpha value is 0. The molecule has 0 aromatic carbocycles. The molecule has 0 aliphatic carbocycles. The van der Waals surface area contributed by atoms with Crippen LogP contribution in [-0.2, 0) is 0 Å². The second-order valence-electron chi connectivity index (χ2n) is 6.84. The highest BCUT2D eigenvalue weighted by molar-refractivity contribution is 4.72. The van der Waals surface area contributed by atoms with Crippen LogP contribution in [0, 0.1) is 23.7 Å². The summed E-state index contributed by atoms with van der Waals surface area (Å²) in [6.45, 7) is 14.4. The van der Waals surface area contributed by atoms with Crippen molar-refractivity contribution in [1.29, 1.82) is 0 Å². The second-order valence-corrected chi connectivity index (χ2v) is 6.84. The molecule has 0 heteroatoms. The Bertz CT molecular complexity index is 171. The van der Waals surface area contributed by atoms with Crippen LogP contribution in [0.1, 0.15) is 92.9 Å². The monoisotopic (exact) mass is 254 g/mol. The van der Waals surface area contributed by atoms with Gasteiger partial charge in [0.25, 0.3) is 0 Å². The molecule has 0 aromatic heterocycles. The second kappa shape index (κ2) is 10.9. The van der Waals surface area contributed by atoms with Crippen molar-refractivity contribution in [2.24, 2.45) is 23.7 Å². The van der Waals surface area contributed by atoms with Crippen LogP contribution in [0.3, 0.4) is 0 Å². The molecule has 0 spiro atoms. The Morgan fingerprint density at radius 3 is 1.83 bits per heavy atom. The van der Waals surface area contributed by atoms with Crippen LogP contribution < -0.4 is 0 Å². The molecule has 0 saturated carbocycles. The molecule has 0 aliphatic rings. The molecule has 0 heterocycles. The van der Waals surface area contributed by atoms with Gasteiger partial charge in [-0.15, -0.1) is 0 Å². The van der Waals surface area contributed by atoms with E-state index in [2.05, 4.69) is 41.5 Å². The Morgan fingerprint density at radius 2 is 1.33 bits per heavy atom. The highest BCUT2D eigenvalue weighted by atomic mass is 14.3. The topological polar surface area (TPSA) is 0 Å². The number of rotatable bonds is 11. The van der Waals surface area contributed by atoms with Crippen LogP contribution in [0.4, 0.5) is 0 Å². The quantitative estimate of drug-likeness (QED) is 0.360. The lowest BCUT2D eigenvalue weighted by molar-refractivity contribution is 0.212. The van der Waals surface area contributed by atoms with Gasteiger partial charge in [0.05, 0.1) is 0 Å². The van der Waals surface area contributed by atoms with Crippen molar-refractivity contribution < 1.29 is 0 Å². The predicted molar refractivity (Wildman–Crippen MR) is 84.9 cm³/mol. The summed E-state index contributed by atoms with van der Waals surface area (Å²) < 4.78 is 0. The zero-order valence-electron chi connectivity index (χ0n) is 14.0. The van der Waals surface area contributed by atoms with Gasteiger partial charge < -0.3 is 0 Å². The minimum Gasteiger partial charge on any atom is -0.0654 e. The first-order valence-electron chi connectivity index (χ1n) is 8.52. The largest absolute Gasteiger partial charge is 0.0654 e. The lowest BCUT2D eigenvalue weighted by Crippen LogP contribution is -2.20. The predicted octanol–water partition coefficient (Wildman–Crippen LogP) is 6.69. The third kappa shape index (κ3) is 8.16. The molecule has 0 saturated heterocycles. The summed E-state index contributed by atoms with van der Waals surface area (Å²) in [7, 11) is 0. The maximum absolute atomic E-state index is 2.48. The van der Waals surface area contributed by atoms with Crippen LogP contribution in [0.5, 0.6) is 0 Å². The molecule has 3 unspecified atom stereocenters. The van der Waals surface area contributed by atoms with E-state index in [0.717, 1.165) is 23.7 Å². The molecule has 0 amide bonds. The summed E-state index contributed by atoms with van der Waals surface area (Å²) in [6.07, 6.45) is 11.3. The maximum Gasteiger partial charge on any atom is -0.0384 e. The number of unbranched alkanes of at least 4 members (excludes halogenated alkanes) is 3. The van der Waals surface area contributed by atoms with Crippen molar-refractivity contribution in [3.63, 3.8) is 0 Å². The average Bonchev–Trinajstić information content (AvgIpc) is 2.33. The fourth-order valence-corrected chi connectivity index (χ4v) is 2.98. The molecular formula is C18H38. The van der Waals surface area contributed by atoms with Gasteiger partial charge >= 0.3 is 0 Å². The summed E-state index contributed by atoms with van der Waals surface area (Å²) >= 11 is 0. The van der Waals surface area contributed by atoms with E-state index in [1.54, 1.807) is 0 Å². The Balaban J connectivity index is 4.12. The Labute approximate surface area is 117 Å². The van der Waals surface area contributed by atoms with E-state index in [0.29, 0.717) is 0 Å². The van der Waals surface area contributed by atoms with Crippen LogP contribution in [-0.4, -0.2) is 0 Å². The van der Waals surface area contributed by atoms with Gasteiger partial charge in [-0.25, -0.2) is 0 Å². The molecule has 0 radical (unpaired) electrons. The van der Waals surface area contributed by atoms with Gasteiger partial charge in [-0.1, -0.05) is 86.5 Å². The number of hydrogen-bond acceptors (Lipinski definition) is 0.